The molecule has 0 aromatic heterocycles. The van der Waals surface area contributed by atoms with Crippen molar-refractivity contribution >= 4 is 29.4 Å². The highest BCUT2D eigenvalue weighted by atomic mass is 35.5. The van der Waals surface area contributed by atoms with Gasteiger partial charge in [-0.1, -0.05) is 11.6 Å². The lowest BCUT2D eigenvalue weighted by Crippen LogP contribution is -1.93. The Morgan fingerprint density at radius 3 is 2.89 bits per heavy atom. The molecule has 0 unspecified atom stereocenters. The Labute approximate surface area is 64.4 Å². The van der Waals surface area contributed by atoms with Crippen LogP contribution >= 0.6 is 23.2 Å². The number of halogens is 2. The molecule has 1 heterocycles. The molecule has 1 nitrogen and oxygen atoms in total. The van der Waals surface area contributed by atoms with Crippen molar-refractivity contribution < 1.29 is 0 Å². The molecule has 1 aliphatic heterocycles. The first-order chi connectivity index (χ1) is 4.34. The van der Waals surface area contributed by atoms with Crippen LogP contribution in [0.1, 0.15) is 12.8 Å². The minimum atomic E-state index is 0.426. The average Bonchev–Trinajstić information content (AvgIpc) is 1.89. The highest BCUT2D eigenvalue weighted by Crippen LogP contribution is 2.20. The van der Waals surface area contributed by atoms with Gasteiger partial charge >= 0.3 is 0 Å². The predicted molar refractivity (Wildman–Crippen MR) is 41.3 cm³/mol. The van der Waals surface area contributed by atoms with E-state index >= 15 is 0 Å². The molecule has 0 aromatic rings. The lowest BCUT2D eigenvalue weighted by Gasteiger charge is -2.05. The standard InChI is InChI=1S/C6H7Cl2N/c7-4-6-5(8)2-1-3-9-6/h3H,1-2,4H2. The fraction of sp³-hybridized carbons (Fsp3) is 0.500. The number of allylic oxidation sites excluding steroid dienone is 2. The average molecular weight is 164 g/mol. The summed E-state index contributed by atoms with van der Waals surface area (Å²) in [5.74, 6) is 0.426. The highest BCUT2D eigenvalue weighted by Gasteiger charge is 2.04. The molecule has 9 heavy (non-hydrogen) atoms. The van der Waals surface area contributed by atoms with Crippen LogP contribution in [0.15, 0.2) is 15.7 Å². The summed E-state index contributed by atoms with van der Waals surface area (Å²) in [5, 5.41) is 0.813. The molecule has 0 radical (unpaired) electrons. The van der Waals surface area contributed by atoms with Gasteiger partial charge < -0.3 is 0 Å². The molecule has 0 aromatic carbocycles. The van der Waals surface area contributed by atoms with Crippen LogP contribution in [0.4, 0.5) is 0 Å². The van der Waals surface area contributed by atoms with Crippen LogP contribution in [-0.2, 0) is 0 Å². The van der Waals surface area contributed by atoms with E-state index in [1.165, 1.54) is 0 Å². The number of hydrogen-bond acceptors (Lipinski definition) is 1. The zero-order valence-electron chi connectivity index (χ0n) is 4.90. The van der Waals surface area contributed by atoms with E-state index in [1.807, 2.05) is 6.21 Å². The van der Waals surface area contributed by atoms with Crippen LogP contribution in [0.25, 0.3) is 0 Å². The molecule has 0 aliphatic carbocycles. The topological polar surface area (TPSA) is 12.4 Å². The van der Waals surface area contributed by atoms with E-state index in [0.29, 0.717) is 5.88 Å². The van der Waals surface area contributed by atoms with Crippen LogP contribution in [-0.4, -0.2) is 12.1 Å². The fourth-order valence-electron chi connectivity index (χ4n) is 0.687. The molecule has 0 N–H and O–H groups in total. The van der Waals surface area contributed by atoms with Crippen LogP contribution < -0.4 is 0 Å². The first-order valence-electron chi connectivity index (χ1n) is 2.80. The number of aliphatic imine (C=N–C) groups is 1. The Balaban J connectivity index is 2.72. The summed E-state index contributed by atoms with van der Waals surface area (Å²) in [6.45, 7) is 0. The predicted octanol–water partition coefficient (Wildman–Crippen LogP) is 2.54. The summed E-state index contributed by atoms with van der Waals surface area (Å²) in [6, 6.07) is 0. The second-order valence-corrected chi connectivity index (χ2v) is 2.56. The molecule has 0 spiro atoms. The van der Waals surface area contributed by atoms with E-state index in [2.05, 4.69) is 4.99 Å². The quantitative estimate of drug-likeness (QED) is 0.528. The molecule has 50 valence electrons. The van der Waals surface area contributed by atoms with Gasteiger partial charge in [-0.05, 0) is 12.8 Å². The Bertz CT molecular complexity index is 160. The molecule has 1 aliphatic rings. The van der Waals surface area contributed by atoms with Gasteiger partial charge in [0.1, 0.15) is 0 Å². The number of rotatable bonds is 1. The third-order valence-electron chi connectivity index (χ3n) is 1.18. The highest BCUT2D eigenvalue weighted by molar-refractivity contribution is 6.31. The molecular weight excluding hydrogens is 157 g/mol. The summed E-state index contributed by atoms with van der Waals surface area (Å²) in [6.07, 6.45) is 3.69. The molecule has 0 bridgehead atoms. The van der Waals surface area contributed by atoms with Gasteiger partial charge in [0.25, 0.3) is 0 Å². The van der Waals surface area contributed by atoms with E-state index < -0.39 is 0 Å². The Hall–Kier alpha value is -0.0100. The normalized spacial score (nSPS) is 18.9. The smallest absolute Gasteiger partial charge is 0.0692 e. The van der Waals surface area contributed by atoms with E-state index in [9.17, 15) is 0 Å². The van der Waals surface area contributed by atoms with Crippen molar-refractivity contribution in [2.75, 3.05) is 5.88 Å². The SMILES string of the molecule is ClCC1=C(Cl)CCC=N1. The van der Waals surface area contributed by atoms with Crippen LogP contribution in [0.2, 0.25) is 0 Å². The third-order valence-corrected chi connectivity index (χ3v) is 1.84. The molecule has 0 saturated carbocycles. The molecule has 3 heteroatoms. The molecule has 1 rings (SSSR count). The first-order valence-corrected chi connectivity index (χ1v) is 3.72. The van der Waals surface area contributed by atoms with Gasteiger partial charge in [-0.3, -0.25) is 4.99 Å². The van der Waals surface area contributed by atoms with Gasteiger partial charge in [0.15, 0.2) is 0 Å². The zero-order chi connectivity index (χ0) is 6.69. The molecule has 0 amide bonds. The lowest BCUT2D eigenvalue weighted by molar-refractivity contribution is 1.02. The van der Waals surface area contributed by atoms with Gasteiger partial charge in [-0.2, -0.15) is 0 Å². The maximum absolute atomic E-state index is 5.76. The van der Waals surface area contributed by atoms with Crippen LogP contribution in [0.5, 0.6) is 0 Å². The maximum Gasteiger partial charge on any atom is 0.0692 e. The van der Waals surface area contributed by atoms with E-state index in [0.717, 1.165) is 23.6 Å². The molecule has 0 fully saturated rings. The maximum atomic E-state index is 5.76. The number of hydrogen-bond donors (Lipinski definition) is 0. The first kappa shape index (κ1) is 7.10. The van der Waals surface area contributed by atoms with Crippen molar-refractivity contribution in [3.05, 3.63) is 10.7 Å². The summed E-state index contributed by atoms with van der Waals surface area (Å²) >= 11 is 11.3. The molecular formula is C6H7Cl2N. The largest absolute Gasteiger partial charge is 0.263 e. The summed E-state index contributed by atoms with van der Waals surface area (Å²) < 4.78 is 0. The van der Waals surface area contributed by atoms with Crippen molar-refractivity contribution in [2.24, 2.45) is 4.99 Å². The minimum Gasteiger partial charge on any atom is -0.263 e. The second-order valence-electron chi connectivity index (χ2n) is 1.84. The minimum absolute atomic E-state index is 0.426. The van der Waals surface area contributed by atoms with Crippen LogP contribution in [0, 0.1) is 0 Å². The van der Waals surface area contributed by atoms with Gasteiger partial charge in [0.2, 0.25) is 0 Å². The number of alkyl halides is 1. The summed E-state index contributed by atoms with van der Waals surface area (Å²) in [5.41, 5.74) is 0.824. The van der Waals surface area contributed by atoms with E-state index in [-0.39, 0.29) is 0 Å². The van der Waals surface area contributed by atoms with E-state index in [1.54, 1.807) is 0 Å². The van der Waals surface area contributed by atoms with Gasteiger partial charge in [0.05, 0.1) is 11.6 Å². The lowest BCUT2D eigenvalue weighted by atomic mass is 10.2. The van der Waals surface area contributed by atoms with E-state index in [4.69, 9.17) is 23.2 Å². The zero-order valence-corrected chi connectivity index (χ0v) is 6.41. The Kier molecular flexibility index (Phi) is 2.55. The van der Waals surface area contributed by atoms with Crippen LogP contribution in [0.3, 0.4) is 0 Å². The fourth-order valence-corrected chi connectivity index (χ4v) is 1.21. The molecule has 0 atom stereocenters. The summed E-state index contributed by atoms with van der Waals surface area (Å²) in [7, 11) is 0. The Morgan fingerprint density at radius 2 is 2.44 bits per heavy atom. The van der Waals surface area contributed by atoms with Gasteiger partial charge in [-0.15, -0.1) is 11.6 Å². The van der Waals surface area contributed by atoms with Crippen molar-refractivity contribution in [3.8, 4) is 0 Å². The number of nitrogens with zero attached hydrogens (tertiary/aromatic N) is 1. The van der Waals surface area contributed by atoms with Crippen molar-refractivity contribution in [3.63, 3.8) is 0 Å². The van der Waals surface area contributed by atoms with Gasteiger partial charge in [0, 0.05) is 11.2 Å². The summed E-state index contributed by atoms with van der Waals surface area (Å²) in [4.78, 5) is 4.02. The second kappa shape index (κ2) is 3.23. The molecule has 0 saturated heterocycles. The third kappa shape index (κ3) is 1.70. The van der Waals surface area contributed by atoms with Crippen molar-refractivity contribution in [1.82, 2.24) is 0 Å². The van der Waals surface area contributed by atoms with Gasteiger partial charge in [-0.25, -0.2) is 0 Å². The van der Waals surface area contributed by atoms with Crippen molar-refractivity contribution in [2.45, 2.75) is 12.8 Å². The Morgan fingerprint density at radius 1 is 1.67 bits per heavy atom. The van der Waals surface area contributed by atoms with Crippen molar-refractivity contribution in [1.29, 1.82) is 0 Å². The monoisotopic (exact) mass is 163 g/mol.